The van der Waals surface area contributed by atoms with Gasteiger partial charge in [0.15, 0.2) is 12.2 Å². The van der Waals surface area contributed by atoms with Crippen molar-refractivity contribution in [3.05, 3.63) is 4.91 Å². The molecule has 0 aromatic rings. The van der Waals surface area contributed by atoms with Crippen LogP contribution >= 0.6 is 0 Å². The molecule has 225 valence electrons. The molecule has 1 radical (unpaired) electrons. The molecule has 40 heavy (non-hydrogen) atoms. The molecule has 2 aliphatic heterocycles. The van der Waals surface area contributed by atoms with E-state index in [0.717, 1.165) is 32.8 Å². The topological polar surface area (TPSA) is 199 Å². The maximum atomic E-state index is 13.5. The number of hydrogen-bond acceptors (Lipinski definition) is 13. The first kappa shape index (κ1) is 32.8. The minimum Gasteiger partial charge on any atom is -0.463 e. The number of nitrogens with one attached hydrogen (secondary N) is 1. The third kappa shape index (κ3) is 7.63. The maximum Gasteiger partial charge on any atom is 0.341 e. The van der Waals surface area contributed by atoms with E-state index in [4.69, 9.17) is 23.7 Å². The van der Waals surface area contributed by atoms with E-state index in [1.54, 1.807) is 27.7 Å². The summed E-state index contributed by atoms with van der Waals surface area (Å²) in [4.78, 5) is 72.8. The molecule has 0 aromatic carbocycles. The molecular formula is C24H37N4O12. The van der Waals surface area contributed by atoms with Crippen LogP contribution in [0.4, 0.5) is 4.79 Å². The van der Waals surface area contributed by atoms with Crippen molar-refractivity contribution < 1.29 is 52.9 Å². The Balaban J connectivity index is 2.49. The number of amides is 2. The van der Waals surface area contributed by atoms with Crippen LogP contribution in [-0.2, 0) is 48.1 Å². The van der Waals surface area contributed by atoms with Crippen molar-refractivity contribution in [3.63, 3.8) is 0 Å². The Morgan fingerprint density at radius 1 is 0.925 bits per heavy atom. The van der Waals surface area contributed by atoms with Gasteiger partial charge in [-0.05, 0) is 40.5 Å². The monoisotopic (exact) mass is 573 g/mol. The molecule has 2 amide bonds. The van der Waals surface area contributed by atoms with E-state index in [-0.39, 0.29) is 6.42 Å². The van der Waals surface area contributed by atoms with Crippen LogP contribution in [0.15, 0.2) is 5.29 Å². The molecule has 16 heteroatoms. The first-order valence-corrected chi connectivity index (χ1v) is 12.6. The molecular weight excluding hydrogens is 536 g/mol. The summed E-state index contributed by atoms with van der Waals surface area (Å²) >= 11 is 0. The van der Waals surface area contributed by atoms with Gasteiger partial charge in [0.1, 0.15) is 18.8 Å². The fourth-order valence-corrected chi connectivity index (χ4v) is 5.05. The summed E-state index contributed by atoms with van der Waals surface area (Å²) in [6.07, 6.45) is -5.33. The normalized spacial score (nSPS) is 29.3. The van der Waals surface area contributed by atoms with Gasteiger partial charge in [0.2, 0.25) is 6.29 Å². The Morgan fingerprint density at radius 3 is 1.98 bits per heavy atom. The third-order valence-corrected chi connectivity index (χ3v) is 6.78. The molecule has 0 bridgehead atoms. The van der Waals surface area contributed by atoms with Crippen molar-refractivity contribution in [3.8, 4) is 0 Å². The van der Waals surface area contributed by atoms with Crippen LogP contribution in [0, 0.1) is 4.91 Å². The Morgan fingerprint density at radius 2 is 1.48 bits per heavy atom. The lowest BCUT2D eigenvalue weighted by atomic mass is 9.78. The van der Waals surface area contributed by atoms with Crippen LogP contribution in [0.25, 0.3) is 0 Å². The summed E-state index contributed by atoms with van der Waals surface area (Å²) in [6, 6.07) is -3.63. The molecule has 2 aliphatic rings. The van der Waals surface area contributed by atoms with E-state index in [0.29, 0.717) is 11.4 Å². The van der Waals surface area contributed by atoms with E-state index in [9.17, 15) is 34.1 Å². The highest BCUT2D eigenvalue weighted by Gasteiger charge is 2.55. The zero-order chi connectivity index (χ0) is 30.6. The Kier molecular flexibility index (Phi) is 10.6. The lowest BCUT2D eigenvalue weighted by Gasteiger charge is -2.52. The number of ether oxygens (including phenoxy) is 5. The standard InChI is InChI=1S/C24H37N4O12/c1-12(29)36-11-16-19(37-13(2)30)20(38-14(3)31)18(21(40-16)39-15(4)32)25-22(33)27(26-34)17-9-10-23(5,6)28(35)24(17,7)8/h16-21H,9-11H2,1-8H3,(H,25,33)/t16-,17?,18-,19-,20-,21?/m1/s1. The van der Waals surface area contributed by atoms with Gasteiger partial charge in [0.05, 0.1) is 16.9 Å². The van der Waals surface area contributed by atoms with Gasteiger partial charge in [-0.1, -0.05) is 0 Å². The van der Waals surface area contributed by atoms with Crippen LogP contribution in [0.1, 0.15) is 68.2 Å². The number of urea groups is 1. The van der Waals surface area contributed by atoms with Crippen molar-refractivity contribution in [1.29, 1.82) is 0 Å². The quantitative estimate of drug-likeness (QED) is 0.188. The van der Waals surface area contributed by atoms with Gasteiger partial charge in [-0.15, -0.1) is 15.2 Å². The van der Waals surface area contributed by atoms with E-state index in [1.165, 1.54) is 0 Å². The molecule has 6 atom stereocenters. The number of hydrogen-bond donors (Lipinski definition) is 1. The zero-order valence-corrected chi connectivity index (χ0v) is 23.8. The summed E-state index contributed by atoms with van der Waals surface area (Å²) in [6.45, 7) is 10.4. The van der Waals surface area contributed by atoms with E-state index < -0.39 is 84.3 Å². The van der Waals surface area contributed by atoms with Crippen molar-refractivity contribution >= 4 is 29.9 Å². The van der Waals surface area contributed by atoms with Crippen LogP contribution in [0.5, 0.6) is 0 Å². The second-order valence-corrected chi connectivity index (χ2v) is 10.8. The minimum absolute atomic E-state index is 0.250. The summed E-state index contributed by atoms with van der Waals surface area (Å²) < 4.78 is 26.6. The second kappa shape index (κ2) is 12.9. The predicted molar refractivity (Wildman–Crippen MR) is 132 cm³/mol. The molecule has 1 N–H and O–H groups in total. The highest BCUT2D eigenvalue weighted by atomic mass is 16.7. The van der Waals surface area contributed by atoms with Crippen molar-refractivity contribution in [2.75, 3.05) is 6.61 Å². The van der Waals surface area contributed by atoms with E-state index in [1.807, 2.05) is 0 Å². The first-order chi connectivity index (χ1) is 18.4. The molecule has 2 fully saturated rings. The van der Waals surface area contributed by atoms with Gasteiger partial charge in [-0.25, -0.2) is 4.79 Å². The highest BCUT2D eigenvalue weighted by molar-refractivity contribution is 5.75. The summed E-state index contributed by atoms with van der Waals surface area (Å²) in [5.41, 5.74) is -2.01. The number of nitroso groups, excluding NO2 is 1. The molecule has 2 heterocycles. The molecule has 2 unspecified atom stereocenters. The van der Waals surface area contributed by atoms with E-state index in [2.05, 4.69) is 10.6 Å². The molecule has 2 rings (SSSR count). The Labute approximate surface area is 231 Å². The highest BCUT2D eigenvalue weighted by Crippen LogP contribution is 2.40. The Bertz CT molecular complexity index is 1000. The number of hydroxylamine groups is 2. The zero-order valence-electron chi connectivity index (χ0n) is 23.8. The first-order valence-electron chi connectivity index (χ1n) is 12.6. The largest absolute Gasteiger partial charge is 0.463 e. The lowest BCUT2D eigenvalue weighted by molar-refractivity contribution is -0.299. The number of piperidine rings is 1. The lowest BCUT2D eigenvalue weighted by Crippen LogP contribution is -2.70. The molecule has 16 nitrogen and oxygen atoms in total. The smallest absolute Gasteiger partial charge is 0.341 e. The number of nitrogens with zero attached hydrogens (tertiary/aromatic N) is 3. The molecule has 0 aromatic heterocycles. The van der Waals surface area contributed by atoms with Gasteiger partial charge >= 0.3 is 29.9 Å². The van der Waals surface area contributed by atoms with Crippen LogP contribution < -0.4 is 5.32 Å². The minimum atomic E-state index is -1.65. The number of carbonyl (C=O) groups excluding carboxylic acids is 5. The van der Waals surface area contributed by atoms with Gasteiger partial charge in [0.25, 0.3) is 0 Å². The average Bonchev–Trinajstić information content (AvgIpc) is 2.81. The molecule has 0 spiro atoms. The van der Waals surface area contributed by atoms with Crippen molar-refractivity contribution in [2.24, 2.45) is 5.29 Å². The van der Waals surface area contributed by atoms with Gasteiger partial charge in [-0.3, -0.25) is 19.2 Å². The van der Waals surface area contributed by atoms with Gasteiger partial charge in [-0.2, -0.15) is 5.01 Å². The number of esters is 4. The molecule has 0 saturated carbocycles. The second-order valence-electron chi connectivity index (χ2n) is 10.8. The number of rotatable bonds is 8. The number of carbonyl (C=O) groups is 5. The van der Waals surface area contributed by atoms with Crippen molar-refractivity contribution in [2.45, 2.75) is 116 Å². The maximum absolute atomic E-state index is 13.5. The average molecular weight is 574 g/mol. The summed E-state index contributed by atoms with van der Waals surface area (Å²) in [5, 5.41) is 19.7. The fraction of sp³-hybridized carbons (Fsp3) is 0.792. The third-order valence-electron chi connectivity index (χ3n) is 6.78. The van der Waals surface area contributed by atoms with Crippen LogP contribution in [-0.4, -0.2) is 94.4 Å². The van der Waals surface area contributed by atoms with Gasteiger partial charge in [0, 0.05) is 33.2 Å². The Hall–Kier alpha value is -3.37. The fourth-order valence-electron chi connectivity index (χ4n) is 5.05. The predicted octanol–water partition coefficient (Wildman–Crippen LogP) is 1.13. The van der Waals surface area contributed by atoms with Crippen LogP contribution in [0.2, 0.25) is 0 Å². The summed E-state index contributed by atoms with van der Waals surface area (Å²) in [7, 11) is 0. The summed E-state index contributed by atoms with van der Waals surface area (Å²) in [5.74, 6) is -3.25. The SMILES string of the molecule is CC(=O)OC[C@H]1OC(OC(C)=O)[C@H](NC(=O)N(N=O)C2CCC(C)(C)N([O])C2(C)C)[C@@H](OC(C)=O)[C@@H]1OC(C)=O. The van der Waals surface area contributed by atoms with Crippen molar-refractivity contribution in [1.82, 2.24) is 15.4 Å². The molecule has 2 saturated heterocycles. The molecule has 0 aliphatic carbocycles. The van der Waals surface area contributed by atoms with Crippen LogP contribution in [0.3, 0.4) is 0 Å². The van der Waals surface area contributed by atoms with Gasteiger partial charge < -0.3 is 29.0 Å². The van der Waals surface area contributed by atoms with E-state index >= 15 is 0 Å².